The van der Waals surface area contributed by atoms with Crippen LogP contribution in [0.25, 0.3) is 10.2 Å². The second-order valence-electron chi connectivity index (χ2n) is 10.7. The standard InChI is InChI=1S/C18H19N5OS.C11H23N3O/c1-24-14-7-12(20)10(8-19)6-13(14)23-17-16-11-4-2-3-5-15(11)25-18(16)22-9-21-17;1-12(2)8-9-13(3)11-4-6-14(10-15)7-5-11/h6-9,19H,2-5,20H2,1H3,(H,21,22,23);10-11H,4-9H2,1-3H3. The molecular formula is C29H42N8O2S. The van der Waals surface area contributed by atoms with E-state index in [0.717, 1.165) is 80.0 Å². The fourth-order valence-electron chi connectivity index (χ4n) is 5.29. The molecular weight excluding hydrogens is 524 g/mol. The lowest BCUT2D eigenvalue weighted by Gasteiger charge is -2.35. The van der Waals surface area contributed by atoms with Crippen molar-refractivity contribution < 1.29 is 9.53 Å². The zero-order valence-electron chi connectivity index (χ0n) is 24.1. The summed E-state index contributed by atoms with van der Waals surface area (Å²) in [7, 11) is 7.99. The van der Waals surface area contributed by atoms with Crippen LogP contribution in [0.3, 0.4) is 0 Å². The molecule has 3 heterocycles. The van der Waals surface area contributed by atoms with E-state index in [2.05, 4.69) is 46.2 Å². The monoisotopic (exact) mass is 566 g/mol. The molecule has 0 spiro atoms. The Hall–Kier alpha value is -3.28. The number of carbonyl (C=O) groups excluding carboxylic acids is 1. The molecule has 3 aromatic rings. The number of rotatable bonds is 9. The zero-order valence-corrected chi connectivity index (χ0v) is 24.9. The first-order valence-corrected chi connectivity index (χ1v) is 14.7. The van der Waals surface area contributed by atoms with Crippen LogP contribution in [-0.4, -0.2) is 97.8 Å². The Morgan fingerprint density at radius 3 is 2.60 bits per heavy atom. The van der Waals surface area contributed by atoms with E-state index in [1.165, 1.54) is 29.5 Å². The molecule has 1 saturated heterocycles. The number of thiophene rings is 1. The van der Waals surface area contributed by atoms with Gasteiger partial charge in [0.15, 0.2) is 0 Å². The van der Waals surface area contributed by atoms with Gasteiger partial charge in [0, 0.05) is 60.6 Å². The van der Waals surface area contributed by atoms with E-state index in [9.17, 15) is 4.79 Å². The third-order valence-corrected chi connectivity index (χ3v) is 8.94. The van der Waals surface area contributed by atoms with E-state index in [1.807, 2.05) is 11.0 Å². The number of nitrogens with zero attached hydrogens (tertiary/aromatic N) is 5. The molecule has 40 heavy (non-hydrogen) atoms. The van der Waals surface area contributed by atoms with Crippen LogP contribution in [0.5, 0.6) is 5.75 Å². The van der Waals surface area contributed by atoms with Crippen LogP contribution in [-0.2, 0) is 17.6 Å². The summed E-state index contributed by atoms with van der Waals surface area (Å²) >= 11 is 1.77. The Morgan fingerprint density at radius 1 is 1.18 bits per heavy atom. The molecule has 5 rings (SSSR count). The molecule has 2 aliphatic rings. The van der Waals surface area contributed by atoms with Gasteiger partial charge in [-0.2, -0.15) is 0 Å². The maximum atomic E-state index is 10.6. The van der Waals surface area contributed by atoms with Crippen molar-refractivity contribution >= 4 is 51.4 Å². The quantitative estimate of drug-likeness (QED) is 0.202. The van der Waals surface area contributed by atoms with E-state index in [-0.39, 0.29) is 0 Å². The van der Waals surface area contributed by atoms with Crippen molar-refractivity contribution in [2.45, 2.75) is 44.6 Å². The van der Waals surface area contributed by atoms with Gasteiger partial charge in [-0.25, -0.2) is 9.97 Å². The van der Waals surface area contributed by atoms with Crippen molar-refractivity contribution in [2.75, 3.05) is 65.5 Å². The normalized spacial score (nSPS) is 15.5. The van der Waals surface area contributed by atoms with Crippen molar-refractivity contribution in [2.24, 2.45) is 0 Å². The molecule has 0 atom stereocenters. The number of hydrogen-bond donors (Lipinski definition) is 3. The highest BCUT2D eigenvalue weighted by molar-refractivity contribution is 7.19. The highest BCUT2D eigenvalue weighted by atomic mass is 32.1. The fourth-order valence-corrected chi connectivity index (χ4v) is 6.52. The number of benzene rings is 1. The van der Waals surface area contributed by atoms with Crippen LogP contribution in [0.15, 0.2) is 18.5 Å². The molecule has 1 aliphatic heterocycles. The van der Waals surface area contributed by atoms with E-state index < -0.39 is 0 Å². The predicted molar refractivity (Wildman–Crippen MR) is 164 cm³/mol. The first kappa shape index (κ1) is 29.7. The van der Waals surface area contributed by atoms with Crippen LogP contribution in [0.4, 0.5) is 17.2 Å². The van der Waals surface area contributed by atoms with Crippen molar-refractivity contribution in [1.82, 2.24) is 24.7 Å². The number of likely N-dealkylation sites (N-methyl/N-ethyl adjacent to an activating group) is 2. The average molecular weight is 567 g/mol. The lowest BCUT2D eigenvalue weighted by molar-refractivity contribution is -0.119. The zero-order chi connectivity index (χ0) is 28.6. The highest BCUT2D eigenvalue weighted by Gasteiger charge is 2.22. The molecule has 1 fully saturated rings. The number of aryl methyl sites for hydroxylation is 2. The minimum absolute atomic E-state index is 0.512. The summed E-state index contributed by atoms with van der Waals surface area (Å²) in [6.45, 7) is 4.05. The predicted octanol–water partition coefficient (Wildman–Crippen LogP) is 4.00. The number of nitrogens with one attached hydrogen (secondary N) is 2. The minimum Gasteiger partial charge on any atom is -0.494 e. The van der Waals surface area contributed by atoms with Gasteiger partial charge in [0.25, 0.3) is 0 Å². The maximum absolute atomic E-state index is 10.6. The summed E-state index contributed by atoms with van der Waals surface area (Å²) in [5.74, 6) is 1.40. The Morgan fingerprint density at radius 2 is 1.93 bits per heavy atom. The van der Waals surface area contributed by atoms with Crippen molar-refractivity contribution in [3.8, 4) is 5.75 Å². The van der Waals surface area contributed by atoms with Gasteiger partial charge >= 0.3 is 0 Å². The van der Waals surface area contributed by atoms with E-state index in [1.54, 1.807) is 30.8 Å². The minimum atomic E-state index is 0.512. The Labute approximate surface area is 241 Å². The summed E-state index contributed by atoms with van der Waals surface area (Å²) in [5, 5.41) is 12.0. The summed E-state index contributed by atoms with van der Waals surface area (Å²) < 4.78 is 5.45. The third kappa shape index (κ3) is 7.07. The average Bonchev–Trinajstić information content (AvgIpc) is 3.36. The number of hydrogen-bond acceptors (Lipinski definition) is 10. The van der Waals surface area contributed by atoms with Crippen LogP contribution in [0.1, 0.15) is 41.7 Å². The lowest BCUT2D eigenvalue weighted by Crippen LogP contribution is -2.44. The van der Waals surface area contributed by atoms with Gasteiger partial charge in [-0.1, -0.05) is 0 Å². The summed E-state index contributed by atoms with van der Waals surface area (Å²) in [5.41, 5.74) is 9.22. The molecule has 0 bridgehead atoms. The molecule has 0 radical (unpaired) electrons. The topological polar surface area (TPSA) is 124 Å². The number of aromatic nitrogens is 2. The summed E-state index contributed by atoms with van der Waals surface area (Å²) in [4.78, 5) is 28.4. The Kier molecular flexibility index (Phi) is 10.3. The number of ether oxygens (including phenoxy) is 1. The molecule has 0 saturated carbocycles. The Bertz CT molecular complexity index is 1300. The number of methoxy groups -OCH3 is 1. The largest absolute Gasteiger partial charge is 0.494 e. The van der Waals surface area contributed by atoms with Crippen LogP contribution in [0.2, 0.25) is 0 Å². The van der Waals surface area contributed by atoms with Crippen LogP contribution >= 0.6 is 11.3 Å². The van der Waals surface area contributed by atoms with Gasteiger partial charge in [0.05, 0.1) is 18.2 Å². The van der Waals surface area contributed by atoms with Crippen LogP contribution in [0, 0.1) is 5.41 Å². The molecule has 10 nitrogen and oxygen atoms in total. The van der Waals surface area contributed by atoms with Gasteiger partial charge in [0.2, 0.25) is 6.41 Å². The summed E-state index contributed by atoms with van der Waals surface area (Å²) in [6.07, 6.45) is 10.7. The second-order valence-corrected chi connectivity index (χ2v) is 11.8. The highest BCUT2D eigenvalue weighted by Crippen LogP contribution is 2.40. The van der Waals surface area contributed by atoms with E-state index in [4.69, 9.17) is 15.9 Å². The molecule has 1 aromatic carbocycles. The number of nitrogen functional groups attached to an aromatic ring is 1. The van der Waals surface area contributed by atoms with Gasteiger partial charge in [-0.15, -0.1) is 11.3 Å². The van der Waals surface area contributed by atoms with Gasteiger partial charge in [-0.05, 0) is 71.3 Å². The smallest absolute Gasteiger partial charge is 0.209 e. The molecule has 4 N–H and O–H groups in total. The fraction of sp³-hybridized carbons (Fsp3) is 0.517. The molecule has 2 aromatic heterocycles. The molecule has 0 unspecified atom stereocenters. The molecule has 11 heteroatoms. The first-order valence-electron chi connectivity index (χ1n) is 13.9. The number of likely N-dealkylation sites (tertiary alicyclic amines) is 1. The molecule has 216 valence electrons. The van der Waals surface area contributed by atoms with Gasteiger partial charge < -0.3 is 35.9 Å². The number of anilines is 3. The first-order chi connectivity index (χ1) is 19.3. The van der Waals surface area contributed by atoms with E-state index in [0.29, 0.717) is 23.0 Å². The van der Waals surface area contributed by atoms with Crippen molar-refractivity contribution in [1.29, 1.82) is 5.41 Å². The van der Waals surface area contributed by atoms with Crippen molar-refractivity contribution in [3.63, 3.8) is 0 Å². The van der Waals surface area contributed by atoms with Gasteiger partial charge in [0.1, 0.15) is 22.7 Å². The van der Waals surface area contributed by atoms with Gasteiger partial charge in [-0.3, -0.25) is 4.79 Å². The van der Waals surface area contributed by atoms with E-state index >= 15 is 0 Å². The third-order valence-electron chi connectivity index (χ3n) is 7.74. The lowest BCUT2D eigenvalue weighted by atomic mass is 9.97. The number of amides is 1. The van der Waals surface area contributed by atoms with Crippen LogP contribution < -0.4 is 15.8 Å². The second kappa shape index (κ2) is 13.9. The number of nitrogens with two attached hydrogens (primary N) is 1. The SMILES string of the molecule is CN(C)CCN(C)C1CCN(C=O)CC1.COc1cc(N)c(C=N)cc1Nc1ncnc2sc3c(c12)CCCC3. The molecule has 1 aliphatic carbocycles. The molecule has 1 amide bonds. The Balaban J connectivity index is 0.000000212. The summed E-state index contributed by atoms with van der Waals surface area (Å²) in [6, 6.07) is 4.19. The maximum Gasteiger partial charge on any atom is 0.209 e. The number of carbonyl (C=O) groups is 1. The number of fused-ring (bicyclic) bond motifs is 3. The van der Waals surface area contributed by atoms with Crippen molar-refractivity contribution in [3.05, 3.63) is 34.5 Å². The number of piperidine rings is 1.